The zero-order chi connectivity index (χ0) is 17.9. The predicted octanol–water partition coefficient (Wildman–Crippen LogP) is 2.22. The lowest BCUT2D eigenvalue weighted by Crippen LogP contribution is -2.59. The average Bonchev–Trinajstić information content (AvgIpc) is 2.55. The maximum absolute atomic E-state index is 13.7. The minimum atomic E-state index is -1.87. The third-order valence-electron chi connectivity index (χ3n) is 3.45. The van der Waals surface area contributed by atoms with Crippen molar-refractivity contribution in [1.82, 2.24) is 10.2 Å². The van der Waals surface area contributed by atoms with Gasteiger partial charge in [0.1, 0.15) is 6.07 Å². The fourth-order valence-electron chi connectivity index (χ4n) is 2.29. The smallest absolute Gasteiger partial charge is 0.221 e. The van der Waals surface area contributed by atoms with Crippen molar-refractivity contribution in [2.24, 2.45) is 5.73 Å². The first kappa shape index (κ1) is 17.7. The van der Waals surface area contributed by atoms with E-state index >= 15 is 0 Å². The minimum absolute atomic E-state index is 0.00849. The zero-order valence-corrected chi connectivity index (χ0v) is 13.0. The molecule has 4 nitrogen and oxygen atoms in total. The van der Waals surface area contributed by atoms with Crippen molar-refractivity contribution >= 4 is 17.3 Å². The van der Waals surface area contributed by atoms with E-state index in [1.807, 2.05) is 6.07 Å². The predicted molar refractivity (Wildman–Crippen MR) is 83.2 cm³/mol. The van der Waals surface area contributed by atoms with Crippen LogP contribution in [0.2, 0.25) is 0 Å². The normalized spacial score (nSPS) is 19.2. The number of benzene rings is 1. The Morgan fingerprint density at radius 1 is 1.25 bits per heavy atom. The van der Waals surface area contributed by atoms with Crippen LogP contribution in [0.4, 0.5) is 17.6 Å². The van der Waals surface area contributed by atoms with Gasteiger partial charge in [-0.2, -0.15) is 5.26 Å². The summed E-state index contributed by atoms with van der Waals surface area (Å²) in [4.78, 5) is 1.44. The molecule has 0 saturated heterocycles. The van der Waals surface area contributed by atoms with Gasteiger partial charge in [-0.3, -0.25) is 0 Å². The van der Waals surface area contributed by atoms with Crippen LogP contribution in [0.3, 0.4) is 0 Å². The lowest BCUT2D eigenvalue weighted by molar-refractivity contribution is 0.235. The molecule has 126 valence electrons. The third-order valence-corrected chi connectivity index (χ3v) is 3.55. The molecule has 0 spiro atoms. The first-order valence-electron chi connectivity index (χ1n) is 6.74. The Kier molecular flexibility index (Phi) is 5.09. The Morgan fingerprint density at radius 3 is 2.58 bits per heavy atom. The molecule has 1 aliphatic heterocycles. The molecule has 9 heteroatoms. The van der Waals surface area contributed by atoms with Crippen LogP contribution >= 0.6 is 12.2 Å². The van der Waals surface area contributed by atoms with Crippen LogP contribution < -0.4 is 11.1 Å². The van der Waals surface area contributed by atoms with Crippen molar-refractivity contribution in [3.63, 3.8) is 0 Å². The van der Waals surface area contributed by atoms with E-state index in [2.05, 4.69) is 5.32 Å². The van der Waals surface area contributed by atoms with Crippen LogP contribution in [-0.4, -0.2) is 22.2 Å². The highest BCUT2D eigenvalue weighted by molar-refractivity contribution is 7.80. The van der Waals surface area contributed by atoms with Crippen molar-refractivity contribution in [3.05, 3.63) is 59.3 Å². The fourth-order valence-corrected chi connectivity index (χ4v) is 2.44. The third kappa shape index (κ3) is 3.33. The summed E-state index contributed by atoms with van der Waals surface area (Å²) >= 11 is 4.74. The molecule has 2 rings (SSSR count). The van der Waals surface area contributed by atoms with Gasteiger partial charge in [-0.1, -0.05) is 6.08 Å². The number of nitrogens with two attached hydrogens (primary N) is 1. The Morgan fingerprint density at radius 2 is 1.96 bits per heavy atom. The topological polar surface area (TPSA) is 65.1 Å². The molecule has 0 bridgehead atoms. The number of halogens is 4. The molecule has 1 aromatic rings. The van der Waals surface area contributed by atoms with Gasteiger partial charge in [0.05, 0.1) is 0 Å². The van der Waals surface area contributed by atoms with Gasteiger partial charge in [-0.05, 0) is 42.4 Å². The maximum atomic E-state index is 13.7. The van der Waals surface area contributed by atoms with E-state index in [0.29, 0.717) is 6.07 Å². The van der Waals surface area contributed by atoms with Crippen molar-refractivity contribution in [1.29, 1.82) is 5.26 Å². The van der Waals surface area contributed by atoms with Gasteiger partial charge in [0.25, 0.3) is 0 Å². The second kappa shape index (κ2) is 6.88. The number of nitrogens with zero attached hydrogens (tertiary/aromatic N) is 2. The molecule has 1 heterocycles. The van der Waals surface area contributed by atoms with Crippen molar-refractivity contribution < 1.29 is 17.6 Å². The van der Waals surface area contributed by atoms with Gasteiger partial charge in [0.2, 0.25) is 5.66 Å². The van der Waals surface area contributed by atoms with E-state index in [1.54, 1.807) is 12.2 Å². The fraction of sp³-hybridized carbons (Fsp3) is 0.200. The van der Waals surface area contributed by atoms with E-state index in [0.717, 1.165) is 0 Å². The standard InChI is InChI=1S/C15H12F4N4S/c16-10-7-9(11(17)13(19)12(10)18)3-6-23-5-2-1-4-15(23,8-20)22-14(21)24/h1-2,4-5,7H,3,6H2,(H3,21,22,24). The maximum Gasteiger partial charge on any atom is 0.221 e. The van der Waals surface area contributed by atoms with Gasteiger partial charge < -0.3 is 16.0 Å². The number of nitriles is 1. The summed E-state index contributed by atoms with van der Waals surface area (Å²) in [5, 5.41) is 11.9. The van der Waals surface area contributed by atoms with Crippen LogP contribution in [-0.2, 0) is 6.42 Å². The van der Waals surface area contributed by atoms with Gasteiger partial charge in [-0.25, -0.2) is 17.6 Å². The number of hydrogen-bond acceptors (Lipinski definition) is 3. The summed E-state index contributed by atoms with van der Waals surface area (Å²) in [5.41, 5.74) is 3.66. The Labute approximate surface area is 140 Å². The second-order valence-corrected chi connectivity index (χ2v) is 5.41. The van der Waals surface area contributed by atoms with Crippen molar-refractivity contribution in [3.8, 4) is 6.07 Å². The van der Waals surface area contributed by atoms with E-state index in [-0.39, 0.29) is 23.6 Å². The summed E-state index contributed by atoms with van der Waals surface area (Å²) in [7, 11) is 0. The second-order valence-electron chi connectivity index (χ2n) is 4.97. The number of nitrogens with one attached hydrogen (secondary N) is 1. The molecule has 0 aliphatic carbocycles. The van der Waals surface area contributed by atoms with Crippen LogP contribution in [0.25, 0.3) is 0 Å². The molecule has 0 amide bonds. The summed E-state index contributed by atoms with van der Waals surface area (Å²) in [6, 6.07) is 2.58. The molecule has 0 radical (unpaired) electrons. The highest BCUT2D eigenvalue weighted by Gasteiger charge is 2.34. The van der Waals surface area contributed by atoms with E-state index in [9.17, 15) is 22.8 Å². The first-order chi connectivity index (χ1) is 11.3. The van der Waals surface area contributed by atoms with Crippen LogP contribution in [0.1, 0.15) is 5.56 Å². The summed E-state index contributed by atoms with van der Waals surface area (Å²) in [6.45, 7) is -0.00849. The largest absolute Gasteiger partial charge is 0.376 e. The van der Waals surface area contributed by atoms with Gasteiger partial charge in [0.15, 0.2) is 28.4 Å². The van der Waals surface area contributed by atoms with E-state index < -0.39 is 28.9 Å². The lowest BCUT2D eigenvalue weighted by atomic mass is 10.0. The number of thiocarbonyl (C=S) groups is 1. The summed E-state index contributed by atoms with van der Waals surface area (Å²) in [6.07, 6.45) is 6.01. The molecule has 0 saturated carbocycles. The van der Waals surface area contributed by atoms with Crippen molar-refractivity contribution in [2.75, 3.05) is 6.54 Å². The van der Waals surface area contributed by atoms with Crippen LogP contribution in [0, 0.1) is 34.6 Å². The van der Waals surface area contributed by atoms with Gasteiger partial charge in [0, 0.05) is 12.7 Å². The molecule has 1 unspecified atom stereocenters. The molecule has 0 aromatic heterocycles. The van der Waals surface area contributed by atoms with Crippen LogP contribution in [0.5, 0.6) is 0 Å². The van der Waals surface area contributed by atoms with Crippen molar-refractivity contribution in [2.45, 2.75) is 12.1 Å². The Balaban J connectivity index is 2.25. The molecule has 1 atom stereocenters. The Hall–Kier alpha value is -2.60. The molecule has 1 aromatic carbocycles. The lowest BCUT2D eigenvalue weighted by Gasteiger charge is -2.38. The molecule has 24 heavy (non-hydrogen) atoms. The molecule has 3 N–H and O–H groups in total. The van der Waals surface area contributed by atoms with Crippen LogP contribution in [0.15, 0.2) is 30.5 Å². The molecule has 1 aliphatic rings. The highest BCUT2D eigenvalue weighted by Crippen LogP contribution is 2.22. The first-order valence-corrected chi connectivity index (χ1v) is 7.15. The number of allylic oxidation sites excluding steroid dienone is 2. The summed E-state index contributed by atoms with van der Waals surface area (Å²) < 4.78 is 53.3. The number of hydrogen-bond donors (Lipinski definition) is 2. The quantitative estimate of drug-likeness (QED) is 0.375. The average molecular weight is 356 g/mol. The molecular formula is C15H12F4N4S. The zero-order valence-electron chi connectivity index (χ0n) is 12.2. The highest BCUT2D eigenvalue weighted by atomic mass is 32.1. The van der Waals surface area contributed by atoms with E-state index in [4.69, 9.17) is 18.0 Å². The van der Waals surface area contributed by atoms with Gasteiger partial charge >= 0.3 is 0 Å². The van der Waals surface area contributed by atoms with E-state index in [1.165, 1.54) is 17.2 Å². The number of rotatable bonds is 4. The molecular weight excluding hydrogens is 344 g/mol. The van der Waals surface area contributed by atoms with Gasteiger partial charge in [-0.15, -0.1) is 0 Å². The minimum Gasteiger partial charge on any atom is -0.376 e. The Bertz CT molecular complexity index is 772. The SMILES string of the molecule is N#CC1(NC(N)=S)C=CC=CN1CCc1cc(F)c(F)c(F)c1F. The summed E-state index contributed by atoms with van der Waals surface area (Å²) in [5.74, 6) is -6.67. The monoisotopic (exact) mass is 356 g/mol. The molecule has 0 fully saturated rings.